The van der Waals surface area contributed by atoms with Gasteiger partial charge >= 0.3 is 0 Å². The second kappa shape index (κ2) is 7.22. The molecule has 0 aromatic carbocycles. The van der Waals surface area contributed by atoms with Crippen LogP contribution in [-0.4, -0.2) is 36.8 Å². The van der Waals surface area contributed by atoms with Gasteiger partial charge in [-0.3, -0.25) is 9.67 Å². The molecule has 8 nitrogen and oxygen atoms in total. The van der Waals surface area contributed by atoms with E-state index in [-0.39, 0.29) is 0 Å². The van der Waals surface area contributed by atoms with Crippen LogP contribution in [0, 0.1) is 13.8 Å². The molecular weight excluding hydrogens is 354 g/mol. The Kier molecular flexibility index (Phi) is 4.60. The van der Waals surface area contributed by atoms with Crippen LogP contribution in [0.25, 0.3) is 22.4 Å². The topological polar surface area (TPSA) is 90.6 Å². The van der Waals surface area contributed by atoms with Crippen molar-refractivity contribution >= 4 is 16.9 Å². The van der Waals surface area contributed by atoms with Crippen molar-refractivity contribution in [2.45, 2.75) is 20.4 Å². The molecule has 8 heteroatoms. The van der Waals surface area contributed by atoms with Gasteiger partial charge in [-0.1, -0.05) is 0 Å². The Labute approximate surface area is 162 Å². The Morgan fingerprint density at radius 1 is 1.14 bits per heavy atom. The maximum atomic E-state index is 5.47. The summed E-state index contributed by atoms with van der Waals surface area (Å²) in [7, 11) is 3.50. The molecule has 0 fully saturated rings. The van der Waals surface area contributed by atoms with E-state index in [2.05, 4.69) is 32.3 Å². The molecule has 1 N–H and O–H groups in total. The number of aromatic nitrogens is 6. The van der Waals surface area contributed by atoms with Gasteiger partial charge in [-0.05, 0) is 37.6 Å². The van der Waals surface area contributed by atoms with Crippen molar-refractivity contribution in [3.63, 3.8) is 0 Å². The third-order valence-corrected chi connectivity index (χ3v) is 4.58. The molecule has 0 aliphatic carbocycles. The zero-order valence-corrected chi connectivity index (χ0v) is 16.3. The lowest BCUT2D eigenvalue weighted by Crippen LogP contribution is -2.08. The minimum absolute atomic E-state index is 0.524. The van der Waals surface area contributed by atoms with E-state index in [1.807, 2.05) is 32.2 Å². The highest BCUT2D eigenvalue weighted by Crippen LogP contribution is 2.26. The summed E-state index contributed by atoms with van der Waals surface area (Å²) in [4.78, 5) is 18.0. The fourth-order valence-corrected chi connectivity index (χ4v) is 3.17. The highest BCUT2D eigenvalue weighted by atomic mass is 16.5. The fourth-order valence-electron chi connectivity index (χ4n) is 3.17. The quantitative estimate of drug-likeness (QED) is 0.573. The number of aryl methyl sites for hydroxylation is 3. The van der Waals surface area contributed by atoms with Gasteiger partial charge in [0.1, 0.15) is 5.82 Å². The third-order valence-electron chi connectivity index (χ3n) is 4.58. The number of fused-ring (bicyclic) bond motifs is 1. The van der Waals surface area contributed by atoms with Gasteiger partial charge in [-0.25, -0.2) is 15.0 Å². The number of methoxy groups -OCH3 is 1. The van der Waals surface area contributed by atoms with E-state index in [9.17, 15) is 0 Å². The molecule has 0 atom stereocenters. The van der Waals surface area contributed by atoms with Gasteiger partial charge in [0, 0.05) is 42.8 Å². The molecule has 0 unspecified atom stereocenters. The smallest absolute Gasteiger partial charge is 0.218 e. The van der Waals surface area contributed by atoms with Crippen molar-refractivity contribution < 1.29 is 4.74 Å². The standard InChI is InChI=1S/C20H21N7O/c1-12-8-13(2)24-20(28-4)15(12)10-22-18-16-11-23-27(3)19(16)26-17(25-18)14-6-5-7-21-9-14/h5-9,11H,10H2,1-4H3,(H,22,25,26). The molecule has 0 spiro atoms. The molecule has 4 rings (SSSR count). The fraction of sp³-hybridized carbons (Fsp3) is 0.250. The number of anilines is 1. The summed E-state index contributed by atoms with van der Waals surface area (Å²) >= 11 is 0. The van der Waals surface area contributed by atoms with Crippen LogP contribution < -0.4 is 10.1 Å². The van der Waals surface area contributed by atoms with Crippen molar-refractivity contribution in [3.05, 3.63) is 53.6 Å². The molecule has 28 heavy (non-hydrogen) atoms. The molecule has 0 aliphatic heterocycles. The van der Waals surface area contributed by atoms with Gasteiger partial charge in [-0.15, -0.1) is 0 Å². The molecule has 142 valence electrons. The van der Waals surface area contributed by atoms with Crippen LogP contribution in [-0.2, 0) is 13.6 Å². The largest absolute Gasteiger partial charge is 0.481 e. The average Bonchev–Trinajstić information content (AvgIpc) is 3.08. The molecule has 0 bridgehead atoms. The second-order valence-corrected chi connectivity index (χ2v) is 6.56. The van der Waals surface area contributed by atoms with Crippen molar-refractivity contribution in [3.8, 4) is 17.3 Å². The first-order valence-electron chi connectivity index (χ1n) is 8.92. The number of hydrogen-bond acceptors (Lipinski definition) is 7. The summed E-state index contributed by atoms with van der Waals surface area (Å²) in [6.45, 7) is 4.53. The molecule has 4 aromatic rings. The van der Waals surface area contributed by atoms with Crippen molar-refractivity contribution in [2.75, 3.05) is 12.4 Å². The van der Waals surface area contributed by atoms with E-state index in [0.717, 1.165) is 33.4 Å². The summed E-state index contributed by atoms with van der Waals surface area (Å²) in [6.07, 6.45) is 5.24. The third kappa shape index (κ3) is 3.24. The molecule has 0 saturated carbocycles. The first kappa shape index (κ1) is 17.8. The lowest BCUT2D eigenvalue weighted by Gasteiger charge is -2.14. The van der Waals surface area contributed by atoms with Gasteiger partial charge in [-0.2, -0.15) is 5.10 Å². The van der Waals surface area contributed by atoms with E-state index in [0.29, 0.717) is 24.1 Å². The molecule has 0 amide bonds. The Morgan fingerprint density at radius 3 is 2.75 bits per heavy atom. The number of hydrogen-bond donors (Lipinski definition) is 1. The zero-order chi connectivity index (χ0) is 19.7. The molecule has 0 saturated heterocycles. The number of nitrogens with zero attached hydrogens (tertiary/aromatic N) is 6. The predicted octanol–water partition coefficient (Wildman–Crippen LogP) is 3.06. The van der Waals surface area contributed by atoms with Crippen LogP contribution in [0.15, 0.2) is 36.8 Å². The first-order chi connectivity index (χ1) is 13.6. The average molecular weight is 375 g/mol. The lowest BCUT2D eigenvalue weighted by molar-refractivity contribution is 0.391. The number of rotatable bonds is 5. The Morgan fingerprint density at radius 2 is 2.00 bits per heavy atom. The Hall–Kier alpha value is -3.55. The maximum absolute atomic E-state index is 5.47. The first-order valence-corrected chi connectivity index (χ1v) is 8.92. The van der Waals surface area contributed by atoms with E-state index < -0.39 is 0 Å². The number of nitrogens with one attached hydrogen (secondary N) is 1. The van der Waals surface area contributed by atoms with Crippen molar-refractivity contribution in [2.24, 2.45) is 7.05 Å². The van der Waals surface area contributed by atoms with Crippen molar-refractivity contribution in [1.82, 2.24) is 29.7 Å². The number of ether oxygens (including phenoxy) is 1. The van der Waals surface area contributed by atoms with Gasteiger partial charge in [0.15, 0.2) is 11.5 Å². The van der Waals surface area contributed by atoms with E-state index in [4.69, 9.17) is 9.72 Å². The Balaban J connectivity index is 1.75. The highest BCUT2D eigenvalue weighted by Gasteiger charge is 2.15. The summed E-state index contributed by atoms with van der Waals surface area (Å²) in [5.74, 6) is 1.92. The van der Waals surface area contributed by atoms with Gasteiger partial charge in [0.2, 0.25) is 5.88 Å². The van der Waals surface area contributed by atoms with Crippen LogP contribution in [0.3, 0.4) is 0 Å². The Bertz CT molecular complexity index is 1140. The van der Waals surface area contributed by atoms with E-state index in [1.165, 1.54) is 0 Å². The lowest BCUT2D eigenvalue weighted by atomic mass is 10.1. The van der Waals surface area contributed by atoms with Gasteiger partial charge < -0.3 is 10.1 Å². The van der Waals surface area contributed by atoms with Crippen LogP contribution >= 0.6 is 0 Å². The van der Waals surface area contributed by atoms with Crippen LogP contribution in [0.2, 0.25) is 0 Å². The monoisotopic (exact) mass is 375 g/mol. The molecule has 0 radical (unpaired) electrons. The minimum Gasteiger partial charge on any atom is -0.481 e. The van der Waals surface area contributed by atoms with Crippen LogP contribution in [0.1, 0.15) is 16.8 Å². The van der Waals surface area contributed by atoms with Crippen LogP contribution in [0.4, 0.5) is 5.82 Å². The SMILES string of the molecule is COc1nc(C)cc(C)c1CNc1nc(-c2cccnc2)nc2c1cnn2C. The number of pyridine rings is 2. The minimum atomic E-state index is 0.524. The normalized spacial score (nSPS) is 11.0. The summed E-state index contributed by atoms with van der Waals surface area (Å²) < 4.78 is 7.21. The summed E-state index contributed by atoms with van der Waals surface area (Å²) in [6, 6.07) is 5.84. The summed E-state index contributed by atoms with van der Waals surface area (Å²) in [5.41, 5.74) is 4.63. The van der Waals surface area contributed by atoms with Gasteiger partial charge in [0.05, 0.1) is 18.7 Å². The zero-order valence-electron chi connectivity index (χ0n) is 16.3. The maximum Gasteiger partial charge on any atom is 0.218 e. The summed E-state index contributed by atoms with van der Waals surface area (Å²) in [5, 5.41) is 8.60. The molecule has 0 aliphatic rings. The van der Waals surface area contributed by atoms with E-state index in [1.54, 1.807) is 30.4 Å². The molecule has 4 heterocycles. The molecule has 4 aromatic heterocycles. The van der Waals surface area contributed by atoms with Gasteiger partial charge in [0.25, 0.3) is 0 Å². The van der Waals surface area contributed by atoms with E-state index >= 15 is 0 Å². The predicted molar refractivity (Wildman–Crippen MR) is 107 cm³/mol. The second-order valence-electron chi connectivity index (χ2n) is 6.56. The molecular formula is C20H21N7O. The highest BCUT2D eigenvalue weighted by molar-refractivity contribution is 5.88. The van der Waals surface area contributed by atoms with Crippen molar-refractivity contribution in [1.29, 1.82) is 0 Å². The van der Waals surface area contributed by atoms with Crippen LogP contribution in [0.5, 0.6) is 5.88 Å².